The first-order chi connectivity index (χ1) is 19.0. The average molecular weight is 544 g/mol. The quantitative estimate of drug-likeness (QED) is 0.361. The van der Waals surface area contributed by atoms with Crippen molar-refractivity contribution in [2.45, 2.75) is 76.3 Å². The van der Waals surface area contributed by atoms with Crippen molar-refractivity contribution >= 4 is 11.8 Å². The van der Waals surface area contributed by atoms with E-state index in [-0.39, 0.29) is 18.6 Å². The molecule has 0 spiro atoms. The molecule has 9 heteroatoms. The third kappa shape index (κ3) is 7.13. The number of anilines is 1. The number of benzene rings is 1. The van der Waals surface area contributed by atoms with E-state index in [2.05, 4.69) is 17.4 Å². The molecule has 1 aromatic heterocycles. The molecular weight excluding hydrogens is 504 g/mol. The van der Waals surface area contributed by atoms with Gasteiger partial charge >= 0.3 is 5.97 Å². The molecule has 2 N–H and O–H groups in total. The second-order valence-electron chi connectivity index (χ2n) is 11.0. The number of aromatic nitrogens is 1. The Bertz CT molecular complexity index is 1130. The van der Waals surface area contributed by atoms with Crippen LogP contribution in [0.15, 0.2) is 30.3 Å². The van der Waals surface area contributed by atoms with Crippen molar-refractivity contribution in [3.8, 4) is 0 Å². The minimum Gasteiger partial charge on any atom is -0.480 e. The maximum Gasteiger partial charge on any atom is 0.325 e. The SMILES string of the molecule is O=C(O)C(c1cc(F)ccc1COC1CCOC1)N1CC[C@@H](C(F)CCCCc2ccc3c(n2)NCCC3)C1. The van der Waals surface area contributed by atoms with Crippen LogP contribution in [0.5, 0.6) is 0 Å². The van der Waals surface area contributed by atoms with Gasteiger partial charge in [-0.3, -0.25) is 9.69 Å². The minimum absolute atomic E-state index is 0.0469. The molecular formula is C30H39F2N3O4. The Morgan fingerprint density at radius 1 is 1.26 bits per heavy atom. The van der Waals surface area contributed by atoms with E-state index in [0.29, 0.717) is 50.3 Å². The molecule has 4 atom stereocenters. The zero-order chi connectivity index (χ0) is 27.2. The van der Waals surface area contributed by atoms with Gasteiger partial charge in [0.25, 0.3) is 0 Å². The van der Waals surface area contributed by atoms with E-state index >= 15 is 4.39 Å². The molecule has 0 saturated carbocycles. The van der Waals surface area contributed by atoms with Crippen LogP contribution in [0.3, 0.4) is 0 Å². The van der Waals surface area contributed by atoms with Gasteiger partial charge in [-0.2, -0.15) is 0 Å². The number of pyridine rings is 1. The zero-order valence-corrected chi connectivity index (χ0v) is 22.4. The fraction of sp³-hybridized carbons (Fsp3) is 0.600. The summed E-state index contributed by atoms with van der Waals surface area (Å²) in [5, 5.41) is 13.5. The predicted octanol–water partition coefficient (Wildman–Crippen LogP) is 5.08. The van der Waals surface area contributed by atoms with Crippen molar-refractivity contribution in [2.75, 3.05) is 38.2 Å². The number of halogens is 2. The number of aryl methyl sites for hydroxylation is 2. The first kappa shape index (κ1) is 27.9. The second kappa shape index (κ2) is 13.2. The first-order valence-corrected chi connectivity index (χ1v) is 14.3. The number of nitrogens with one attached hydrogen (secondary N) is 1. The molecule has 39 heavy (non-hydrogen) atoms. The number of unbranched alkanes of at least 4 members (excludes halogenated alkanes) is 1. The summed E-state index contributed by atoms with van der Waals surface area (Å²) >= 11 is 0. The monoisotopic (exact) mass is 543 g/mol. The van der Waals surface area contributed by atoms with Gasteiger partial charge in [-0.15, -0.1) is 0 Å². The van der Waals surface area contributed by atoms with Gasteiger partial charge in [0.15, 0.2) is 0 Å². The van der Waals surface area contributed by atoms with Crippen LogP contribution in [0.1, 0.15) is 67.0 Å². The summed E-state index contributed by atoms with van der Waals surface area (Å²) in [6.45, 7) is 3.08. The molecule has 212 valence electrons. The number of fused-ring (bicyclic) bond motifs is 1. The van der Waals surface area contributed by atoms with Gasteiger partial charge in [-0.05, 0) is 86.4 Å². The van der Waals surface area contributed by atoms with Crippen molar-refractivity contribution in [3.63, 3.8) is 0 Å². The zero-order valence-electron chi connectivity index (χ0n) is 22.4. The molecule has 0 amide bonds. The molecule has 2 fully saturated rings. The van der Waals surface area contributed by atoms with Crippen LogP contribution in [0, 0.1) is 11.7 Å². The molecule has 0 aliphatic carbocycles. The van der Waals surface area contributed by atoms with Gasteiger partial charge in [0.05, 0.1) is 19.3 Å². The highest BCUT2D eigenvalue weighted by atomic mass is 19.1. The van der Waals surface area contributed by atoms with Crippen LogP contribution >= 0.6 is 0 Å². The summed E-state index contributed by atoms with van der Waals surface area (Å²) in [6, 6.07) is 7.38. The molecule has 7 nitrogen and oxygen atoms in total. The number of nitrogens with zero attached hydrogens (tertiary/aromatic N) is 2. The number of carboxylic acid groups (broad SMARTS) is 1. The first-order valence-electron chi connectivity index (χ1n) is 14.3. The van der Waals surface area contributed by atoms with E-state index in [1.165, 1.54) is 17.7 Å². The molecule has 2 saturated heterocycles. The van der Waals surface area contributed by atoms with E-state index in [1.54, 1.807) is 11.0 Å². The molecule has 3 unspecified atom stereocenters. The molecule has 5 rings (SSSR count). The molecule has 3 aliphatic heterocycles. The summed E-state index contributed by atoms with van der Waals surface area (Å²) < 4.78 is 40.7. The Morgan fingerprint density at radius 2 is 2.15 bits per heavy atom. The summed E-state index contributed by atoms with van der Waals surface area (Å²) in [5.74, 6) is -0.801. The third-order valence-electron chi connectivity index (χ3n) is 8.25. The normalized spacial score (nSPS) is 22.8. The summed E-state index contributed by atoms with van der Waals surface area (Å²) in [6.07, 6.45) is 5.39. The van der Waals surface area contributed by atoms with Crippen LogP contribution < -0.4 is 5.32 Å². The third-order valence-corrected chi connectivity index (χ3v) is 8.25. The molecule has 4 heterocycles. The fourth-order valence-electron chi connectivity index (χ4n) is 6.02. The van der Waals surface area contributed by atoms with E-state index in [1.807, 2.05) is 0 Å². The lowest BCUT2D eigenvalue weighted by Crippen LogP contribution is -2.34. The topological polar surface area (TPSA) is 83.9 Å². The van der Waals surface area contributed by atoms with E-state index in [9.17, 15) is 14.3 Å². The standard InChI is InChI=1S/C30H39F2N3O4/c31-23-9-7-22(18-39-25-12-15-38-19-25)26(16-23)28(30(36)37)35-14-11-21(17-35)27(32)6-2-1-5-24-10-8-20-4-3-13-33-29(20)34-24/h7-10,16,21,25,27-28H,1-6,11-15,17-19H2,(H,33,34)(H,36,37)/t21-,25?,27?,28?/m1/s1. The molecule has 1 aromatic carbocycles. The van der Waals surface area contributed by atoms with Crippen molar-refractivity contribution in [1.29, 1.82) is 0 Å². The molecule has 0 radical (unpaired) electrons. The van der Waals surface area contributed by atoms with Crippen LogP contribution in [-0.4, -0.2) is 66.1 Å². The Balaban J connectivity index is 1.14. The lowest BCUT2D eigenvalue weighted by molar-refractivity contribution is -0.143. The number of ether oxygens (including phenoxy) is 2. The molecule has 3 aliphatic rings. The highest BCUT2D eigenvalue weighted by Crippen LogP contribution is 2.34. The van der Waals surface area contributed by atoms with E-state index in [4.69, 9.17) is 14.5 Å². The Labute approximate surface area is 228 Å². The number of hydrogen-bond donors (Lipinski definition) is 2. The predicted molar refractivity (Wildman–Crippen MR) is 144 cm³/mol. The van der Waals surface area contributed by atoms with Crippen molar-refractivity contribution in [1.82, 2.24) is 9.88 Å². The lowest BCUT2D eigenvalue weighted by atomic mass is 9.96. The van der Waals surface area contributed by atoms with Gasteiger partial charge in [-0.1, -0.05) is 18.6 Å². The number of aliphatic carboxylic acids is 1. The van der Waals surface area contributed by atoms with Crippen molar-refractivity contribution in [2.24, 2.45) is 5.92 Å². The number of alkyl halides is 1. The van der Waals surface area contributed by atoms with Crippen molar-refractivity contribution in [3.05, 3.63) is 58.5 Å². The Kier molecular flexibility index (Phi) is 9.42. The van der Waals surface area contributed by atoms with Gasteiger partial charge in [0.2, 0.25) is 0 Å². The second-order valence-corrected chi connectivity index (χ2v) is 11.0. The number of rotatable bonds is 12. The van der Waals surface area contributed by atoms with Crippen LogP contribution in [-0.2, 0) is 33.7 Å². The highest BCUT2D eigenvalue weighted by molar-refractivity contribution is 5.76. The lowest BCUT2D eigenvalue weighted by Gasteiger charge is -2.27. The minimum atomic E-state index is -1.06. The number of carbonyl (C=O) groups is 1. The van der Waals surface area contributed by atoms with E-state index in [0.717, 1.165) is 56.6 Å². The van der Waals surface area contributed by atoms with Gasteiger partial charge in [-0.25, -0.2) is 13.8 Å². The van der Waals surface area contributed by atoms with E-state index < -0.39 is 24.0 Å². The van der Waals surface area contributed by atoms with Crippen LogP contribution in [0.25, 0.3) is 0 Å². The Hall–Kier alpha value is -2.62. The van der Waals surface area contributed by atoms with Gasteiger partial charge < -0.3 is 19.9 Å². The van der Waals surface area contributed by atoms with Crippen molar-refractivity contribution < 1.29 is 28.2 Å². The number of carboxylic acids is 1. The number of hydrogen-bond acceptors (Lipinski definition) is 6. The van der Waals surface area contributed by atoms with Crippen LogP contribution in [0.4, 0.5) is 14.6 Å². The summed E-state index contributed by atoms with van der Waals surface area (Å²) in [7, 11) is 0. The van der Waals surface area contributed by atoms with Gasteiger partial charge in [0.1, 0.15) is 23.8 Å². The average Bonchev–Trinajstić information content (AvgIpc) is 3.63. The Morgan fingerprint density at radius 3 is 2.97 bits per heavy atom. The smallest absolute Gasteiger partial charge is 0.325 e. The maximum atomic E-state index is 15.2. The largest absolute Gasteiger partial charge is 0.480 e. The summed E-state index contributed by atoms with van der Waals surface area (Å²) in [5.41, 5.74) is 3.32. The highest BCUT2D eigenvalue weighted by Gasteiger charge is 2.37. The van der Waals surface area contributed by atoms with Crippen LogP contribution in [0.2, 0.25) is 0 Å². The van der Waals surface area contributed by atoms with Gasteiger partial charge in [0, 0.05) is 31.3 Å². The maximum absolute atomic E-state index is 15.2. The molecule has 2 aromatic rings. The molecule has 0 bridgehead atoms. The number of likely N-dealkylation sites (tertiary alicyclic amines) is 1. The fourth-order valence-corrected chi connectivity index (χ4v) is 6.02. The summed E-state index contributed by atoms with van der Waals surface area (Å²) in [4.78, 5) is 18.9.